The summed E-state index contributed by atoms with van der Waals surface area (Å²) in [7, 11) is -3.67. The smallest absolute Gasteiger partial charge is 0.434 e. The highest BCUT2D eigenvalue weighted by Gasteiger charge is 2.45. The summed E-state index contributed by atoms with van der Waals surface area (Å²) in [5.41, 5.74) is -4.94. The topological polar surface area (TPSA) is 118 Å². The Morgan fingerprint density at radius 2 is 1.78 bits per heavy atom. The third-order valence-corrected chi connectivity index (χ3v) is 6.79. The average Bonchev–Trinajstić information content (AvgIpc) is 3.53. The lowest BCUT2D eigenvalue weighted by molar-refractivity contribution is -0.142. The van der Waals surface area contributed by atoms with E-state index in [9.17, 15) is 40.3 Å². The maximum Gasteiger partial charge on any atom is 0.435 e. The lowest BCUT2D eigenvalue weighted by Gasteiger charge is -2.17. The van der Waals surface area contributed by atoms with Crippen molar-refractivity contribution in [3.05, 3.63) is 70.4 Å². The summed E-state index contributed by atoms with van der Waals surface area (Å²) in [6.07, 6.45) is -3.65. The van der Waals surface area contributed by atoms with Crippen LogP contribution < -0.4 is 10.1 Å². The minimum atomic E-state index is -5.01. The molecule has 37 heavy (non-hydrogen) atoms. The second-order valence-corrected chi connectivity index (χ2v) is 10.5. The van der Waals surface area contributed by atoms with Gasteiger partial charge in [0.05, 0.1) is 10.5 Å². The maximum absolute atomic E-state index is 14.7. The summed E-state index contributed by atoms with van der Waals surface area (Å²) in [5.74, 6) is -5.85. The first-order valence-corrected chi connectivity index (χ1v) is 12.5. The molecule has 1 saturated carbocycles. The lowest BCUT2D eigenvalue weighted by Crippen LogP contribution is -2.21. The molecule has 3 aromatic rings. The molecule has 1 aromatic heterocycles. The highest BCUT2D eigenvalue weighted by atomic mass is 32.2. The maximum atomic E-state index is 14.7. The zero-order valence-corrected chi connectivity index (χ0v) is 20.0. The van der Waals surface area contributed by atoms with Crippen molar-refractivity contribution in [2.45, 2.75) is 36.4 Å². The summed E-state index contributed by atoms with van der Waals surface area (Å²) < 4.78 is 98.5. The molecule has 0 atom stereocenters. The van der Waals surface area contributed by atoms with Gasteiger partial charge in [-0.1, -0.05) is 6.07 Å². The third kappa shape index (κ3) is 5.25. The number of aromatic nitrogens is 2. The van der Waals surface area contributed by atoms with Gasteiger partial charge >= 0.3 is 6.18 Å². The Labute approximate surface area is 207 Å². The first-order valence-electron chi connectivity index (χ1n) is 10.6. The van der Waals surface area contributed by atoms with E-state index in [2.05, 4.69) is 15.5 Å². The zero-order valence-electron chi connectivity index (χ0n) is 19.2. The van der Waals surface area contributed by atoms with E-state index in [4.69, 9.17) is 4.74 Å². The molecule has 1 fully saturated rings. The Hall–Kier alpha value is -3.65. The van der Waals surface area contributed by atoms with Gasteiger partial charge in [0.15, 0.2) is 27.1 Å². The molecule has 0 radical (unpaired) electrons. The van der Waals surface area contributed by atoms with Crippen LogP contribution >= 0.6 is 0 Å². The number of aliphatic hydroxyl groups is 1. The number of anilines is 1. The molecule has 0 aliphatic heterocycles. The molecular weight excluding hydrogens is 525 g/mol. The number of carbonyl (C=O) groups excluding carboxylic acids is 1. The molecule has 14 heteroatoms. The molecule has 0 spiro atoms. The zero-order chi connectivity index (χ0) is 27.3. The number of hydrogen-bond donors (Lipinski definition) is 2. The summed E-state index contributed by atoms with van der Waals surface area (Å²) >= 11 is 0. The SMILES string of the molecule is Cc1c(C(F)(F)F)nnc(Oc2ccc(C3(O)CC3)c(F)c2F)c1C(=O)Nc1cccc(S(C)(=O)=O)c1. The van der Waals surface area contributed by atoms with Crippen LogP contribution in [0.3, 0.4) is 0 Å². The standard InChI is InChI=1S/C23H18F5N3O5S/c1-11-16(20(32)29-12-4-3-5-13(10-12)37(2,34)35)21(31-30-19(11)23(26,27)28)36-15-7-6-14(17(24)18(15)25)22(33)8-9-22/h3-7,10,33H,8-9H2,1-2H3,(H,29,32). The predicted octanol–water partition coefficient (Wildman–Crippen LogP) is 4.51. The van der Waals surface area contributed by atoms with E-state index >= 15 is 0 Å². The van der Waals surface area contributed by atoms with Crippen LogP contribution in [0.1, 0.15) is 40.0 Å². The van der Waals surface area contributed by atoms with E-state index in [0.29, 0.717) is 0 Å². The molecular formula is C23H18F5N3O5S. The summed E-state index contributed by atoms with van der Waals surface area (Å²) in [5, 5.41) is 18.7. The number of nitrogens with one attached hydrogen (secondary N) is 1. The van der Waals surface area contributed by atoms with Crippen LogP contribution in [0.2, 0.25) is 0 Å². The van der Waals surface area contributed by atoms with Crippen LogP contribution in [0.4, 0.5) is 27.6 Å². The van der Waals surface area contributed by atoms with Gasteiger partial charge < -0.3 is 15.2 Å². The largest absolute Gasteiger partial charge is 0.435 e. The van der Waals surface area contributed by atoms with Gasteiger partial charge in [-0.15, -0.1) is 10.2 Å². The van der Waals surface area contributed by atoms with E-state index < -0.39 is 67.6 Å². The molecule has 1 aliphatic rings. The summed E-state index contributed by atoms with van der Waals surface area (Å²) in [6.45, 7) is 0.912. The van der Waals surface area contributed by atoms with Crippen LogP contribution in [0.25, 0.3) is 0 Å². The first kappa shape index (κ1) is 26.4. The van der Waals surface area contributed by atoms with E-state index in [1.807, 2.05) is 0 Å². The van der Waals surface area contributed by atoms with Gasteiger partial charge in [0.25, 0.3) is 11.8 Å². The molecule has 0 unspecified atom stereocenters. The van der Waals surface area contributed by atoms with Crippen molar-refractivity contribution in [2.24, 2.45) is 0 Å². The second kappa shape index (κ2) is 9.03. The number of sulfone groups is 1. The Morgan fingerprint density at radius 1 is 1.11 bits per heavy atom. The normalized spacial score (nSPS) is 14.8. The number of hydrogen-bond acceptors (Lipinski definition) is 7. The highest BCUT2D eigenvalue weighted by molar-refractivity contribution is 7.90. The van der Waals surface area contributed by atoms with Crippen LogP contribution in [0.15, 0.2) is 41.3 Å². The fourth-order valence-electron chi connectivity index (χ4n) is 3.57. The summed E-state index contributed by atoms with van der Waals surface area (Å²) in [6, 6.07) is 6.92. The Morgan fingerprint density at radius 3 is 2.38 bits per heavy atom. The molecule has 2 aromatic carbocycles. The molecule has 1 amide bonds. The lowest BCUT2D eigenvalue weighted by atomic mass is 10.1. The van der Waals surface area contributed by atoms with Gasteiger partial charge in [0.2, 0.25) is 5.82 Å². The highest BCUT2D eigenvalue weighted by Crippen LogP contribution is 2.47. The van der Waals surface area contributed by atoms with Crippen molar-refractivity contribution in [1.82, 2.24) is 10.2 Å². The average molecular weight is 543 g/mol. The van der Waals surface area contributed by atoms with Crippen molar-refractivity contribution in [3.8, 4) is 11.6 Å². The van der Waals surface area contributed by atoms with Crippen molar-refractivity contribution in [2.75, 3.05) is 11.6 Å². The van der Waals surface area contributed by atoms with Crippen molar-refractivity contribution >= 4 is 21.4 Å². The number of nitrogens with zero attached hydrogens (tertiary/aromatic N) is 2. The minimum absolute atomic E-state index is 0.0806. The number of ether oxygens (including phenoxy) is 1. The number of carbonyl (C=O) groups is 1. The van der Waals surface area contributed by atoms with Crippen molar-refractivity contribution in [3.63, 3.8) is 0 Å². The van der Waals surface area contributed by atoms with Gasteiger partial charge in [0.1, 0.15) is 5.56 Å². The summed E-state index contributed by atoms with van der Waals surface area (Å²) in [4.78, 5) is 12.9. The van der Waals surface area contributed by atoms with Gasteiger partial charge in [-0.05, 0) is 55.7 Å². The van der Waals surface area contributed by atoms with Gasteiger partial charge in [-0.2, -0.15) is 17.6 Å². The molecule has 1 heterocycles. The van der Waals surface area contributed by atoms with E-state index in [0.717, 1.165) is 31.4 Å². The fraction of sp³-hybridized carbons (Fsp3) is 0.261. The minimum Gasteiger partial charge on any atom is -0.434 e. The molecule has 196 valence electrons. The van der Waals surface area contributed by atoms with Gasteiger partial charge in [0, 0.05) is 17.5 Å². The Balaban J connectivity index is 1.76. The van der Waals surface area contributed by atoms with Gasteiger partial charge in [-0.25, -0.2) is 12.8 Å². The number of amides is 1. The van der Waals surface area contributed by atoms with Crippen LogP contribution in [0, 0.1) is 18.6 Å². The van der Waals surface area contributed by atoms with Crippen molar-refractivity contribution in [1.29, 1.82) is 0 Å². The van der Waals surface area contributed by atoms with E-state index in [-0.39, 0.29) is 29.0 Å². The first-order chi connectivity index (χ1) is 17.1. The molecule has 8 nitrogen and oxygen atoms in total. The van der Waals surface area contributed by atoms with Crippen LogP contribution in [-0.2, 0) is 21.6 Å². The monoisotopic (exact) mass is 543 g/mol. The number of benzene rings is 2. The molecule has 1 aliphatic carbocycles. The molecule has 0 saturated heterocycles. The number of rotatable bonds is 6. The Kier molecular flexibility index (Phi) is 6.44. The molecule has 0 bridgehead atoms. The third-order valence-electron chi connectivity index (χ3n) is 5.68. The van der Waals surface area contributed by atoms with Gasteiger partial charge in [-0.3, -0.25) is 4.79 Å². The fourth-order valence-corrected chi connectivity index (χ4v) is 4.23. The van der Waals surface area contributed by atoms with Crippen LogP contribution in [0.5, 0.6) is 11.6 Å². The van der Waals surface area contributed by atoms with Crippen LogP contribution in [-0.4, -0.2) is 35.9 Å². The quantitative estimate of drug-likeness (QED) is 0.439. The number of alkyl halides is 3. The van der Waals surface area contributed by atoms with E-state index in [1.54, 1.807) is 0 Å². The Bertz CT molecular complexity index is 1520. The number of halogens is 5. The molecule has 4 rings (SSSR count). The van der Waals surface area contributed by atoms with Crippen molar-refractivity contribution < 1.29 is 45.0 Å². The molecule has 2 N–H and O–H groups in total. The second-order valence-electron chi connectivity index (χ2n) is 8.48. The van der Waals surface area contributed by atoms with E-state index in [1.165, 1.54) is 18.2 Å². The predicted molar refractivity (Wildman–Crippen MR) is 119 cm³/mol.